The van der Waals surface area contributed by atoms with E-state index in [1.54, 1.807) is 14.1 Å². The second-order valence-corrected chi connectivity index (χ2v) is 11.3. The molecule has 1 aromatic heterocycles. The Hall–Kier alpha value is -2.50. The molecular weight excluding hydrogens is 426 g/mol. The lowest BCUT2D eigenvalue weighted by Gasteiger charge is -2.39. The van der Waals surface area contributed by atoms with Gasteiger partial charge >= 0.3 is 6.09 Å². The fourth-order valence-corrected chi connectivity index (χ4v) is 5.36. The number of para-hydroxylation sites is 1. The molecule has 1 atom stereocenters. The van der Waals surface area contributed by atoms with E-state index in [0.717, 1.165) is 25.8 Å². The Balaban J connectivity index is 0.000000269. The van der Waals surface area contributed by atoms with Crippen LogP contribution in [0.25, 0.3) is 10.9 Å². The maximum absolute atomic E-state index is 13.2. The predicted molar refractivity (Wildman–Crippen MR) is 138 cm³/mol. The highest BCUT2D eigenvalue weighted by Gasteiger charge is 2.44. The Morgan fingerprint density at radius 2 is 1.74 bits per heavy atom. The summed E-state index contributed by atoms with van der Waals surface area (Å²) in [4.78, 5) is 31.4. The summed E-state index contributed by atoms with van der Waals surface area (Å²) in [5.41, 5.74) is 3.66. The molecule has 1 aliphatic heterocycles. The summed E-state index contributed by atoms with van der Waals surface area (Å²) < 4.78 is 4.99. The van der Waals surface area contributed by atoms with Crippen LogP contribution in [0.3, 0.4) is 0 Å². The highest BCUT2D eigenvalue weighted by atomic mass is 16.6. The van der Waals surface area contributed by atoms with E-state index in [2.05, 4.69) is 34.1 Å². The number of hydrogen-bond acceptors (Lipinski definition) is 3. The molecule has 188 valence electrons. The number of carbonyl (C=O) groups excluding carboxylic acids is 2. The maximum atomic E-state index is 13.2. The topological polar surface area (TPSA) is 65.6 Å². The third-order valence-electron chi connectivity index (χ3n) is 7.15. The molecular formula is C28H43N3O3. The predicted octanol–water partition coefficient (Wildman–Crippen LogP) is 6.31. The summed E-state index contributed by atoms with van der Waals surface area (Å²) in [6, 6.07) is 8.93. The normalized spacial score (nSPS) is 20.9. The van der Waals surface area contributed by atoms with Crippen molar-refractivity contribution in [2.75, 3.05) is 20.6 Å². The Morgan fingerprint density at radius 1 is 1.06 bits per heavy atom. The summed E-state index contributed by atoms with van der Waals surface area (Å²) in [6.45, 7) is 6.43. The van der Waals surface area contributed by atoms with E-state index in [0.29, 0.717) is 17.9 Å². The van der Waals surface area contributed by atoms with Gasteiger partial charge in [-0.2, -0.15) is 0 Å². The molecule has 2 fully saturated rings. The molecule has 3 aliphatic rings. The Bertz CT molecular complexity index is 1020. The van der Waals surface area contributed by atoms with Crippen LogP contribution in [0.2, 0.25) is 0 Å². The zero-order valence-corrected chi connectivity index (χ0v) is 21.5. The summed E-state index contributed by atoms with van der Waals surface area (Å²) in [5.74, 6) is 1.39. The van der Waals surface area contributed by atoms with Gasteiger partial charge < -0.3 is 19.5 Å². The number of aromatic amines is 1. The number of nitrogens with zero attached hydrogens (tertiary/aromatic N) is 2. The third kappa shape index (κ3) is 5.59. The number of ether oxygens (including phenoxy) is 1. The fraction of sp³-hybridized carbons (Fsp3) is 0.643. The van der Waals surface area contributed by atoms with Crippen molar-refractivity contribution in [1.29, 1.82) is 0 Å². The van der Waals surface area contributed by atoms with Gasteiger partial charge in [0.2, 0.25) is 5.91 Å². The van der Waals surface area contributed by atoms with Crippen molar-refractivity contribution in [2.45, 2.75) is 83.8 Å². The van der Waals surface area contributed by atoms with Crippen LogP contribution in [0.15, 0.2) is 24.3 Å². The van der Waals surface area contributed by atoms with E-state index >= 15 is 0 Å². The van der Waals surface area contributed by atoms with Crippen LogP contribution in [0.4, 0.5) is 4.79 Å². The van der Waals surface area contributed by atoms with Crippen molar-refractivity contribution in [3.05, 3.63) is 35.5 Å². The molecule has 1 N–H and O–H groups in total. The van der Waals surface area contributed by atoms with Gasteiger partial charge in [0.15, 0.2) is 0 Å². The lowest BCUT2D eigenvalue weighted by molar-refractivity contribution is -0.140. The smallest absolute Gasteiger partial charge is 0.409 e. The number of H-pyrrole nitrogens is 1. The van der Waals surface area contributed by atoms with Gasteiger partial charge in [-0.05, 0) is 70.4 Å². The van der Waals surface area contributed by atoms with Crippen molar-refractivity contribution in [1.82, 2.24) is 14.8 Å². The number of nitrogens with one attached hydrogen (secondary N) is 1. The highest BCUT2D eigenvalue weighted by Crippen LogP contribution is 2.49. The largest absolute Gasteiger partial charge is 0.444 e. The van der Waals surface area contributed by atoms with Gasteiger partial charge in [-0.15, -0.1) is 0 Å². The lowest BCUT2D eigenvalue weighted by Crippen LogP contribution is -2.44. The van der Waals surface area contributed by atoms with Gasteiger partial charge in [0.25, 0.3) is 0 Å². The monoisotopic (exact) mass is 469 g/mol. The molecule has 0 bridgehead atoms. The van der Waals surface area contributed by atoms with Crippen LogP contribution in [0.5, 0.6) is 0 Å². The maximum Gasteiger partial charge on any atom is 0.409 e. The SMILES string of the molecule is CN(C)C(=O)OC(C)(C)C.O=C(C1CCCCC1)N1CCc2c([nH]c3ccccc23)C1C1CC1.[HH]. The zero-order valence-electron chi connectivity index (χ0n) is 21.5. The summed E-state index contributed by atoms with van der Waals surface area (Å²) in [6.07, 6.45) is 9.22. The lowest BCUT2D eigenvalue weighted by atomic mass is 9.86. The fourth-order valence-electron chi connectivity index (χ4n) is 5.36. The van der Waals surface area contributed by atoms with Gasteiger partial charge in [-0.3, -0.25) is 4.79 Å². The van der Waals surface area contributed by atoms with Crippen LogP contribution < -0.4 is 0 Å². The Kier molecular flexibility index (Phi) is 7.25. The van der Waals surface area contributed by atoms with Gasteiger partial charge in [-0.1, -0.05) is 37.5 Å². The van der Waals surface area contributed by atoms with Crippen LogP contribution in [-0.4, -0.2) is 53.0 Å². The molecule has 0 radical (unpaired) electrons. The molecule has 2 aromatic rings. The summed E-state index contributed by atoms with van der Waals surface area (Å²) in [5, 5.41) is 1.36. The molecule has 0 spiro atoms. The Morgan fingerprint density at radius 3 is 2.32 bits per heavy atom. The minimum Gasteiger partial charge on any atom is -0.444 e. The molecule has 34 heavy (non-hydrogen) atoms. The number of aromatic nitrogens is 1. The number of rotatable bonds is 2. The molecule has 0 saturated heterocycles. The van der Waals surface area contributed by atoms with E-state index in [1.165, 1.54) is 59.2 Å². The standard InChI is InChI=1S/C21H26N2O.C7H15NO2.H2/c24-21(15-6-2-1-3-7-15)23-13-12-17-16-8-4-5-9-18(16)22-19(17)20(23)14-10-11-14;1-7(2,3)10-6(9)8(4)5;/h4-5,8-9,14-15,20,22H,1-3,6-7,10-13H2;1-5H3;1H. The number of fused-ring (bicyclic) bond motifs is 3. The molecule has 6 heteroatoms. The first kappa shape index (κ1) is 24.6. The van der Waals surface area contributed by atoms with Crippen LogP contribution in [0.1, 0.15) is 84.4 Å². The van der Waals surface area contributed by atoms with Gasteiger partial charge in [0, 0.05) is 44.6 Å². The van der Waals surface area contributed by atoms with Crippen molar-refractivity contribution >= 4 is 22.9 Å². The van der Waals surface area contributed by atoms with Crippen molar-refractivity contribution in [2.24, 2.45) is 11.8 Å². The van der Waals surface area contributed by atoms with Crippen LogP contribution in [-0.2, 0) is 16.0 Å². The van der Waals surface area contributed by atoms with Crippen molar-refractivity contribution < 1.29 is 15.8 Å². The van der Waals surface area contributed by atoms with E-state index < -0.39 is 0 Å². The average molecular weight is 470 g/mol. The summed E-state index contributed by atoms with van der Waals surface area (Å²) >= 11 is 0. The summed E-state index contributed by atoms with van der Waals surface area (Å²) in [7, 11) is 3.32. The number of amides is 2. The van der Waals surface area contributed by atoms with Crippen LogP contribution >= 0.6 is 0 Å². The van der Waals surface area contributed by atoms with E-state index in [1.807, 2.05) is 20.8 Å². The molecule has 1 aromatic carbocycles. The first-order chi connectivity index (χ1) is 16.2. The quantitative estimate of drug-likeness (QED) is 0.560. The molecule has 2 amide bonds. The molecule has 1 unspecified atom stereocenters. The first-order valence-corrected chi connectivity index (χ1v) is 13.0. The highest BCUT2D eigenvalue weighted by molar-refractivity contribution is 5.86. The molecule has 2 heterocycles. The molecule has 2 aliphatic carbocycles. The van der Waals surface area contributed by atoms with Crippen LogP contribution in [0, 0.1) is 11.8 Å². The average Bonchev–Trinajstić information content (AvgIpc) is 3.57. The van der Waals surface area contributed by atoms with E-state index in [4.69, 9.17) is 4.74 Å². The zero-order chi connectivity index (χ0) is 24.5. The number of carbonyl (C=O) groups is 2. The second kappa shape index (κ2) is 10.0. The van der Waals surface area contributed by atoms with Gasteiger partial charge in [-0.25, -0.2) is 4.79 Å². The minimum absolute atomic E-state index is 0. The van der Waals surface area contributed by atoms with Gasteiger partial charge in [0.05, 0.1) is 6.04 Å². The molecule has 5 rings (SSSR count). The minimum atomic E-state index is -0.388. The van der Waals surface area contributed by atoms with Crippen molar-refractivity contribution in [3.8, 4) is 0 Å². The van der Waals surface area contributed by atoms with Crippen molar-refractivity contribution in [3.63, 3.8) is 0 Å². The van der Waals surface area contributed by atoms with Gasteiger partial charge in [0.1, 0.15) is 5.60 Å². The Labute approximate surface area is 205 Å². The van der Waals surface area contributed by atoms with E-state index in [-0.39, 0.29) is 19.0 Å². The first-order valence-electron chi connectivity index (χ1n) is 13.0. The number of hydrogen-bond donors (Lipinski definition) is 1. The second-order valence-electron chi connectivity index (χ2n) is 11.3. The van der Waals surface area contributed by atoms with E-state index in [9.17, 15) is 9.59 Å². The third-order valence-corrected chi connectivity index (χ3v) is 7.15. The molecule has 6 nitrogen and oxygen atoms in total. The number of benzene rings is 1. The molecule has 2 saturated carbocycles.